The number of nitrogens with zero attached hydrogens (tertiary/aromatic N) is 4. The van der Waals surface area contributed by atoms with E-state index >= 15 is 0 Å². The number of aliphatic hydroxyl groups is 2. The molecule has 1 aliphatic carbocycles. The van der Waals surface area contributed by atoms with Gasteiger partial charge in [-0.15, -0.1) is 0 Å². The number of amides is 2. The Kier molecular flexibility index (Phi) is 7.72. The van der Waals surface area contributed by atoms with Crippen molar-refractivity contribution >= 4 is 17.6 Å². The van der Waals surface area contributed by atoms with Crippen LogP contribution >= 0.6 is 0 Å². The second-order valence-corrected chi connectivity index (χ2v) is 10.1. The Morgan fingerprint density at radius 3 is 2.77 bits per heavy atom. The van der Waals surface area contributed by atoms with Crippen LogP contribution < -0.4 is 10.1 Å². The second-order valence-electron chi connectivity index (χ2n) is 10.1. The Bertz CT molecular complexity index is 1390. The molecule has 5 rings (SSSR count). The third-order valence-electron chi connectivity index (χ3n) is 7.20. The van der Waals surface area contributed by atoms with Crippen LogP contribution in [0.1, 0.15) is 29.9 Å². The molecule has 0 bridgehead atoms. The summed E-state index contributed by atoms with van der Waals surface area (Å²) in [6.07, 6.45) is 2.22. The van der Waals surface area contributed by atoms with Gasteiger partial charge in [-0.1, -0.05) is 6.07 Å². The molecule has 2 aliphatic rings. The van der Waals surface area contributed by atoms with Crippen LogP contribution in [-0.2, 0) is 9.59 Å². The minimum atomic E-state index is -3.36. The van der Waals surface area contributed by atoms with E-state index in [9.17, 15) is 23.5 Å². The maximum Gasteiger partial charge on any atom is 0.301 e. The number of nitrogens with one attached hydrogen (secondary N) is 1. The van der Waals surface area contributed by atoms with Crippen LogP contribution in [0.5, 0.6) is 5.75 Å². The summed E-state index contributed by atoms with van der Waals surface area (Å²) in [5.41, 5.74) is 2.86. The molecule has 3 heterocycles. The van der Waals surface area contributed by atoms with Gasteiger partial charge in [0.15, 0.2) is 12.2 Å². The van der Waals surface area contributed by atoms with Gasteiger partial charge in [-0.25, -0.2) is 18.7 Å². The lowest BCUT2D eigenvalue weighted by Crippen LogP contribution is -2.57. The fourth-order valence-corrected chi connectivity index (χ4v) is 4.89. The smallest absolute Gasteiger partial charge is 0.301 e. The summed E-state index contributed by atoms with van der Waals surface area (Å²) in [5, 5.41) is 21.3. The van der Waals surface area contributed by atoms with Crippen LogP contribution in [0, 0.1) is 12.8 Å². The Balaban J connectivity index is 1.22. The lowest BCUT2D eigenvalue weighted by Gasteiger charge is -2.38. The van der Waals surface area contributed by atoms with E-state index in [1.54, 1.807) is 43.6 Å². The lowest BCUT2D eigenvalue weighted by molar-refractivity contribution is -0.167. The number of ether oxygens (including phenoxy) is 1. The van der Waals surface area contributed by atoms with Gasteiger partial charge in [-0.2, -0.15) is 0 Å². The molecule has 1 aliphatic heterocycles. The number of hydrogen-bond acceptors (Lipinski definition) is 8. The molecule has 4 atom stereocenters. The number of hydrogen-bond donors (Lipinski definition) is 3. The molecule has 3 aromatic rings. The zero-order valence-electron chi connectivity index (χ0n) is 21.7. The molecule has 210 valence electrons. The van der Waals surface area contributed by atoms with Crippen LogP contribution in [0.3, 0.4) is 0 Å². The number of alkyl halides is 2. The molecular weight excluding hydrogens is 524 g/mol. The molecule has 0 spiro atoms. The van der Waals surface area contributed by atoms with Crippen LogP contribution in [0.2, 0.25) is 0 Å². The molecule has 2 aromatic heterocycles. The van der Waals surface area contributed by atoms with E-state index in [1.807, 2.05) is 12.1 Å². The van der Waals surface area contributed by atoms with Crippen LogP contribution in [0.15, 0.2) is 55.1 Å². The molecule has 1 saturated carbocycles. The average molecular weight is 554 g/mol. The lowest BCUT2D eigenvalue weighted by atomic mass is 10.0. The fourth-order valence-electron chi connectivity index (χ4n) is 4.89. The van der Waals surface area contributed by atoms with Gasteiger partial charge in [-0.3, -0.25) is 14.6 Å². The highest BCUT2D eigenvalue weighted by Crippen LogP contribution is 2.47. The first-order chi connectivity index (χ1) is 19.2. The van der Waals surface area contributed by atoms with Gasteiger partial charge in [0.25, 0.3) is 5.91 Å². The van der Waals surface area contributed by atoms with Crippen molar-refractivity contribution in [2.75, 3.05) is 25.0 Å². The molecule has 40 heavy (non-hydrogen) atoms. The van der Waals surface area contributed by atoms with Gasteiger partial charge < -0.3 is 25.2 Å². The maximum atomic E-state index is 14.8. The molecule has 12 heteroatoms. The summed E-state index contributed by atoms with van der Waals surface area (Å²) in [5.74, 6) is -3.81. The van der Waals surface area contributed by atoms with Crippen molar-refractivity contribution in [3.05, 3.63) is 66.2 Å². The van der Waals surface area contributed by atoms with Gasteiger partial charge in [0, 0.05) is 42.9 Å². The molecule has 3 N–H and O–H groups in total. The minimum absolute atomic E-state index is 0.0352. The number of carbonyl (C=O) groups excluding carboxylic acids is 2. The van der Waals surface area contributed by atoms with Gasteiger partial charge in [-0.05, 0) is 54.7 Å². The Labute approximate surface area is 229 Å². The molecule has 1 saturated heterocycles. The van der Waals surface area contributed by atoms with Gasteiger partial charge >= 0.3 is 5.92 Å². The van der Waals surface area contributed by atoms with E-state index in [-0.39, 0.29) is 36.5 Å². The molecule has 0 radical (unpaired) electrons. The molecular formula is C28H29F2N5O5. The monoisotopic (exact) mass is 553 g/mol. The van der Waals surface area contributed by atoms with Crippen molar-refractivity contribution in [3.8, 4) is 17.0 Å². The first kappa shape index (κ1) is 27.5. The van der Waals surface area contributed by atoms with E-state index in [0.717, 1.165) is 16.9 Å². The number of rotatable bonds is 8. The van der Waals surface area contributed by atoms with E-state index < -0.39 is 37.2 Å². The molecule has 1 aromatic carbocycles. The van der Waals surface area contributed by atoms with E-state index in [2.05, 4.69) is 20.3 Å². The normalized spacial score (nSPS) is 22.3. The van der Waals surface area contributed by atoms with Crippen molar-refractivity contribution in [3.63, 3.8) is 0 Å². The zero-order chi connectivity index (χ0) is 28.4. The van der Waals surface area contributed by atoms with Crippen LogP contribution in [0.25, 0.3) is 11.3 Å². The van der Waals surface area contributed by atoms with E-state index in [4.69, 9.17) is 9.84 Å². The standard InChI is InChI=1S/C28H29F2N5O5/c1-16-9-17(4-5-23(16)40-24-6-8-35(14-28(24,29)30)27(39)22(37)13-36)21-11-25(33-15-32-21)34-26(38)20-10-19(20)18-3-2-7-31-12-18/h2-5,7,9,11-12,15,19-20,22,24,36-37H,6,8,10,13-14H2,1H3,(H,32,33,34,38)/t19-,20+,22-,24-/m0/s1. The quantitative estimate of drug-likeness (QED) is 0.387. The number of pyridine rings is 1. The van der Waals surface area contributed by atoms with E-state index in [0.29, 0.717) is 22.6 Å². The van der Waals surface area contributed by atoms with Crippen LogP contribution in [-0.4, -0.2) is 79.7 Å². The van der Waals surface area contributed by atoms with Crippen LogP contribution in [0.4, 0.5) is 14.6 Å². The zero-order valence-corrected chi connectivity index (χ0v) is 21.7. The summed E-state index contributed by atoms with van der Waals surface area (Å²) in [6.45, 7) is -0.0565. The number of aliphatic hydroxyl groups excluding tert-OH is 2. The number of anilines is 1. The van der Waals surface area contributed by atoms with Crippen molar-refractivity contribution in [1.82, 2.24) is 19.9 Å². The van der Waals surface area contributed by atoms with E-state index in [1.165, 1.54) is 6.33 Å². The third kappa shape index (κ3) is 5.92. The summed E-state index contributed by atoms with van der Waals surface area (Å²) in [7, 11) is 0. The number of likely N-dealkylation sites (tertiary alicyclic amines) is 1. The Hall–Kier alpha value is -4.03. The SMILES string of the molecule is Cc1cc(-c2cc(NC(=O)[C@@H]3C[C@H]3c3cccnc3)ncn2)ccc1O[C@H]1CCN(C(=O)[C@@H](O)CO)CC1(F)F. The highest BCUT2D eigenvalue weighted by atomic mass is 19.3. The minimum Gasteiger partial charge on any atom is -0.484 e. The fraction of sp³-hybridized carbons (Fsp3) is 0.393. The van der Waals surface area contributed by atoms with Crippen molar-refractivity contribution in [2.45, 2.75) is 43.8 Å². The average Bonchev–Trinajstić information content (AvgIpc) is 3.76. The maximum absolute atomic E-state index is 14.8. The first-order valence-corrected chi connectivity index (χ1v) is 12.9. The highest BCUT2D eigenvalue weighted by molar-refractivity contribution is 5.94. The number of aromatic nitrogens is 3. The number of piperidine rings is 1. The number of aryl methyl sites for hydroxylation is 1. The summed E-state index contributed by atoms with van der Waals surface area (Å²) in [4.78, 5) is 38.1. The molecule has 2 amide bonds. The third-order valence-corrected chi connectivity index (χ3v) is 7.20. The summed E-state index contributed by atoms with van der Waals surface area (Å²) in [6, 6.07) is 10.5. The summed E-state index contributed by atoms with van der Waals surface area (Å²) < 4.78 is 35.3. The largest absolute Gasteiger partial charge is 0.484 e. The second kappa shape index (κ2) is 11.2. The Morgan fingerprint density at radius 1 is 1.25 bits per heavy atom. The van der Waals surface area contributed by atoms with Gasteiger partial charge in [0.1, 0.15) is 17.9 Å². The van der Waals surface area contributed by atoms with Gasteiger partial charge in [0.2, 0.25) is 5.91 Å². The number of halogens is 2. The van der Waals surface area contributed by atoms with Gasteiger partial charge in [0.05, 0.1) is 18.8 Å². The predicted octanol–water partition coefficient (Wildman–Crippen LogP) is 2.56. The highest BCUT2D eigenvalue weighted by Gasteiger charge is 2.48. The summed E-state index contributed by atoms with van der Waals surface area (Å²) >= 11 is 0. The van der Waals surface area contributed by atoms with Crippen molar-refractivity contribution in [1.29, 1.82) is 0 Å². The predicted molar refractivity (Wildman–Crippen MR) is 140 cm³/mol. The first-order valence-electron chi connectivity index (χ1n) is 12.9. The topological polar surface area (TPSA) is 138 Å². The number of benzene rings is 1. The van der Waals surface area contributed by atoms with Crippen molar-refractivity contribution < 1.29 is 33.3 Å². The Morgan fingerprint density at radius 2 is 2.08 bits per heavy atom. The molecule has 0 unspecified atom stereocenters. The van der Waals surface area contributed by atoms with Crippen molar-refractivity contribution in [2.24, 2.45) is 5.92 Å². The number of carbonyl (C=O) groups is 2. The molecule has 2 fully saturated rings. The molecule has 10 nitrogen and oxygen atoms in total.